The van der Waals surface area contributed by atoms with E-state index in [0.717, 1.165) is 38.7 Å². The lowest BCUT2D eigenvalue weighted by Gasteiger charge is -2.28. The highest BCUT2D eigenvalue weighted by molar-refractivity contribution is 5.41. The maximum atomic E-state index is 12.8. The van der Waals surface area contributed by atoms with Crippen molar-refractivity contribution in [2.75, 3.05) is 38.7 Å². The second-order valence-corrected chi connectivity index (χ2v) is 6.35. The molecule has 0 saturated heterocycles. The van der Waals surface area contributed by atoms with Crippen LogP contribution < -0.4 is 5.73 Å². The molecule has 2 rings (SSSR count). The van der Waals surface area contributed by atoms with Gasteiger partial charge < -0.3 is 20.1 Å². The zero-order valence-corrected chi connectivity index (χ0v) is 14.4. The molecule has 0 bridgehead atoms. The van der Waals surface area contributed by atoms with E-state index in [0.29, 0.717) is 32.3 Å². The Balaban J connectivity index is 1.60. The number of nitrogen functional groups attached to an aromatic ring is 1. The van der Waals surface area contributed by atoms with Gasteiger partial charge in [-0.1, -0.05) is 0 Å². The fraction of sp³-hybridized carbons (Fsp3) is 0.765. The lowest BCUT2D eigenvalue weighted by atomic mass is 9.86. The van der Waals surface area contributed by atoms with Gasteiger partial charge in [0, 0.05) is 26.0 Å². The summed E-state index contributed by atoms with van der Waals surface area (Å²) in [6.45, 7) is 9.53. The van der Waals surface area contributed by atoms with Gasteiger partial charge in [0.05, 0.1) is 11.7 Å². The molecule has 140 valence electrons. The third-order valence-electron chi connectivity index (χ3n) is 4.47. The van der Waals surface area contributed by atoms with Crippen LogP contribution in [-0.4, -0.2) is 42.8 Å². The molecule has 1 heterocycles. The Morgan fingerprint density at radius 1 is 1.24 bits per heavy atom. The Bertz CT molecular complexity index is 551. The zero-order chi connectivity index (χ0) is 18.1. The van der Waals surface area contributed by atoms with E-state index in [2.05, 4.69) is 9.94 Å². The van der Waals surface area contributed by atoms with Gasteiger partial charge in [0.1, 0.15) is 6.61 Å². The molecule has 0 aliphatic heterocycles. The summed E-state index contributed by atoms with van der Waals surface area (Å²) >= 11 is 0. The van der Waals surface area contributed by atoms with Crippen LogP contribution in [0.3, 0.4) is 0 Å². The minimum absolute atomic E-state index is 0.0686. The number of anilines is 1. The molecule has 6 nitrogen and oxygen atoms in total. The van der Waals surface area contributed by atoms with Crippen LogP contribution in [0.1, 0.15) is 50.3 Å². The van der Waals surface area contributed by atoms with Crippen LogP contribution in [0.25, 0.3) is 4.85 Å². The van der Waals surface area contributed by atoms with E-state index < -0.39 is 6.43 Å². The Morgan fingerprint density at radius 2 is 1.96 bits per heavy atom. The molecule has 8 heteroatoms. The predicted octanol–water partition coefficient (Wildman–Crippen LogP) is 3.48. The number of halogens is 2. The summed E-state index contributed by atoms with van der Waals surface area (Å²) in [6.07, 6.45) is 3.52. The summed E-state index contributed by atoms with van der Waals surface area (Å²) in [5.41, 5.74) is 5.35. The average molecular weight is 356 g/mol. The molecular weight excluding hydrogens is 330 g/mol. The summed E-state index contributed by atoms with van der Waals surface area (Å²) in [5, 5.41) is 3.95. The van der Waals surface area contributed by atoms with Crippen LogP contribution >= 0.6 is 0 Å². The first kappa shape index (κ1) is 19.6. The fourth-order valence-corrected chi connectivity index (χ4v) is 3.08. The van der Waals surface area contributed by atoms with Crippen LogP contribution in [0.2, 0.25) is 0 Å². The van der Waals surface area contributed by atoms with E-state index in [1.165, 1.54) is 6.20 Å². The minimum Gasteiger partial charge on any atom is -0.396 e. The Morgan fingerprint density at radius 3 is 2.60 bits per heavy atom. The molecule has 1 fully saturated rings. The normalized spacial score (nSPS) is 20.7. The third kappa shape index (κ3) is 6.25. The summed E-state index contributed by atoms with van der Waals surface area (Å²) in [6, 6.07) is 0.141. The van der Waals surface area contributed by atoms with Crippen molar-refractivity contribution in [3.8, 4) is 0 Å². The van der Waals surface area contributed by atoms with E-state index >= 15 is 0 Å². The highest BCUT2D eigenvalue weighted by Crippen LogP contribution is 2.34. The van der Waals surface area contributed by atoms with Crippen molar-refractivity contribution < 1.29 is 18.3 Å². The van der Waals surface area contributed by atoms with Crippen LogP contribution in [0, 0.1) is 12.5 Å². The van der Waals surface area contributed by atoms with Gasteiger partial charge in [0.15, 0.2) is 5.69 Å². The fourth-order valence-electron chi connectivity index (χ4n) is 3.08. The molecule has 0 radical (unpaired) electrons. The smallest absolute Gasteiger partial charge is 0.284 e. The monoisotopic (exact) mass is 356 g/mol. The summed E-state index contributed by atoms with van der Waals surface area (Å²) in [4.78, 5) is 3.22. The van der Waals surface area contributed by atoms with Crippen molar-refractivity contribution in [3.63, 3.8) is 0 Å². The quantitative estimate of drug-likeness (QED) is 0.515. The topological polar surface area (TPSA) is 66.7 Å². The number of nitrogens with zero attached hydrogens (tertiary/aromatic N) is 3. The summed E-state index contributed by atoms with van der Waals surface area (Å²) < 4.78 is 38.1. The Labute approximate surface area is 147 Å². The van der Waals surface area contributed by atoms with Crippen LogP contribution in [0.5, 0.6) is 0 Å². The number of hydrogen-bond acceptors (Lipinski definition) is 4. The first-order valence-corrected chi connectivity index (χ1v) is 8.73. The standard InChI is InChI=1S/C17H26F2N4O2/c1-21-7-10-24-8-2-9-25-12-13-3-5-14(6-4-13)23-11-15(20)16(22-23)17(18)19/h11,13-14,17H,2-10,12,20H2. The Kier molecular flexibility index (Phi) is 8.09. The van der Waals surface area contributed by atoms with E-state index in [-0.39, 0.29) is 17.4 Å². The molecule has 0 aromatic carbocycles. The van der Waals surface area contributed by atoms with Gasteiger partial charge in [-0.25, -0.2) is 15.4 Å². The number of ether oxygens (including phenoxy) is 2. The molecule has 25 heavy (non-hydrogen) atoms. The predicted molar refractivity (Wildman–Crippen MR) is 90.3 cm³/mol. The number of hydrogen-bond donors (Lipinski definition) is 1. The number of aromatic nitrogens is 2. The van der Waals surface area contributed by atoms with Crippen LogP contribution in [0.15, 0.2) is 6.20 Å². The SMILES string of the molecule is [C-]#[N+]CCOCCCOCC1CCC(n2cc(N)c(C(F)F)n2)CC1. The number of alkyl halides is 2. The molecule has 1 aromatic heterocycles. The van der Waals surface area contributed by atoms with Gasteiger partial charge in [-0.2, -0.15) is 5.10 Å². The molecule has 0 amide bonds. The lowest BCUT2D eigenvalue weighted by Crippen LogP contribution is -2.22. The van der Waals surface area contributed by atoms with Gasteiger partial charge >= 0.3 is 0 Å². The third-order valence-corrected chi connectivity index (χ3v) is 4.47. The van der Waals surface area contributed by atoms with Gasteiger partial charge in [-0.15, -0.1) is 0 Å². The largest absolute Gasteiger partial charge is 0.396 e. The van der Waals surface area contributed by atoms with Crippen molar-refractivity contribution in [1.29, 1.82) is 0 Å². The van der Waals surface area contributed by atoms with Gasteiger partial charge in [0.2, 0.25) is 6.54 Å². The number of rotatable bonds is 10. The maximum absolute atomic E-state index is 12.8. The molecule has 1 aliphatic rings. The van der Waals surface area contributed by atoms with E-state index in [1.807, 2.05) is 0 Å². The molecule has 1 aromatic rings. The van der Waals surface area contributed by atoms with Crippen LogP contribution in [-0.2, 0) is 9.47 Å². The molecule has 0 spiro atoms. The lowest BCUT2D eigenvalue weighted by molar-refractivity contribution is 0.0561. The Hall–Kier alpha value is -1.72. The highest BCUT2D eigenvalue weighted by Gasteiger charge is 2.25. The molecule has 0 unspecified atom stereocenters. The minimum atomic E-state index is -2.63. The second-order valence-electron chi connectivity index (χ2n) is 6.35. The van der Waals surface area contributed by atoms with E-state index in [4.69, 9.17) is 21.8 Å². The van der Waals surface area contributed by atoms with Crippen molar-refractivity contribution >= 4 is 5.69 Å². The maximum Gasteiger partial charge on any atom is 0.284 e. The van der Waals surface area contributed by atoms with Crippen molar-refractivity contribution in [2.45, 2.75) is 44.6 Å². The molecule has 2 N–H and O–H groups in total. The van der Waals surface area contributed by atoms with E-state index in [1.54, 1.807) is 4.68 Å². The zero-order valence-electron chi connectivity index (χ0n) is 14.4. The van der Waals surface area contributed by atoms with Gasteiger partial charge in [-0.05, 0) is 38.0 Å². The molecule has 0 atom stereocenters. The molecule has 1 aliphatic carbocycles. The highest BCUT2D eigenvalue weighted by atomic mass is 19.3. The van der Waals surface area contributed by atoms with Crippen molar-refractivity contribution in [1.82, 2.24) is 9.78 Å². The van der Waals surface area contributed by atoms with Crippen LogP contribution in [0.4, 0.5) is 14.5 Å². The molecule has 1 saturated carbocycles. The van der Waals surface area contributed by atoms with Crippen molar-refractivity contribution in [2.24, 2.45) is 5.92 Å². The molecular formula is C17H26F2N4O2. The average Bonchev–Trinajstić information content (AvgIpc) is 3.00. The summed E-state index contributed by atoms with van der Waals surface area (Å²) in [5.74, 6) is 0.502. The first-order valence-electron chi connectivity index (χ1n) is 8.73. The van der Waals surface area contributed by atoms with Gasteiger partial charge in [-0.3, -0.25) is 4.68 Å². The second kappa shape index (κ2) is 10.3. The summed E-state index contributed by atoms with van der Waals surface area (Å²) in [7, 11) is 0. The number of nitrogens with two attached hydrogens (primary N) is 1. The van der Waals surface area contributed by atoms with Crippen molar-refractivity contribution in [3.05, 3.63) is 23.3 Å². The van der Waals surface area contributed by atoms with Gasteiger partial charge in [0.25, 0.3) is 6.43 Å². The van der Waals surface area contributed by atoms with E-state index in [9.17, 15) is 8.78 Å². The first-order chi connectivity index (χ1) is 12.1.